The molecule has 1 aromatic carbocycles. The third kappa shape index (κ3) is 3.35. The highest BCUT2D eigenvalue weighted by atomic mass is 16.5. The number of piperidine rings is 1. The molecular formula is C16H21NO4. The van der Waals surface area contributed by atoms with Crippen molar-refractivity contribution in [3.05, 3.63) is 29.8 Å². The van der Waals surface area contributed by atoms with Gasteiger partial charge in [0.1, 0.15) is 11.8 Å². The maximum Gasteiger partial charge on any atom is 0.326 e. The van der Waals surface area contributed by atoms with Crippen LogP contribution < -0.4 is 4.74 Å². The summed E-state index contributed by atoms with van der Waals surface area (Å²) in [6, 6.07) is 6.60. The van der Waals surface area contributed by atoms with Gasteiger partial charge >= 0.3 is 5.97 Å². The lowest BCUT2D eigenvalue weighted by atomic mass is 9.90. The van der Waals surface area contributed by atoms with Crippen molar-refractivity contribution in [2.75, 3.05) is 13.7 Å². The number of likely N-dealkylation sites (tertiary alicyclic amines) is 1. The summed E-state index contributed by atoms with van der Waals surface area (Å²) < 4.78 is 5.24. The van der Waals surface area contributed by atoms with Gasteiger partial charge in [-0.2, -0.15) is 0 Å². The molecule has 0 aliphatic carbocycles. The average Bonchev–Trinajstić information content (AvgIpc) is 2.47. The molecule has 0 bridgehead atoms. The molecule has 2 atom stereocenters. The Balaban J connectivity index is 2.16. The van der Waals surface area contributed by atoms with Crippen LogP contribution in [0, 0.1) is 5.92 Å². The van der Waals surface area contributed by atoms with Gasteiger partial charge in [0.05, 0.1) is 13.5 Å². The molecule has 5 heteroatoms. The molecule has 1 aromatic rings. The molecule has 0 spiro atoms. The highest BCUT2D eigenvalue weighted by molar-refractivity contribution is 5.85. The molecule has 1 heterocycles. The number of methoxy groups -OCH3 is 1. The smallest absolute Gasteiger partial charge is 0.326 e. The highest BCUT2D eigenvalue weighted by Gasteiger charge is 2.36. The Hall–Kier alpha value is -2.04. The van der Waals surface area contributed by atoms with E-state index in [1.807, 2.05) is 25.1 Å². The van der Waals surface area contributed by atoms with Crippen molar-refractivity contribution in [1.29, 1.82) is 0 Å². The second kappa shape index (κ2) is 6.61. The lowest BCUT2D eigenvalue weighted by molar-refractivity contribution is -0.154. The van der Waals surface area contributed by atoms with Crippen LogP contribution in [0.1, 0.15) is 25.3 Å². The minimum absolute atomic E-state index is 0.0159. The molecule has 21 heavy (non-hydrogen) atoms. The molecule has 1 fully saturated rings. The predicted octanol–water partition coefficient (Wildman–Crippen LogP) is 1.95. The number of nitrogens with zero attached hydrogens (tertiary/aromatic N) is 1. The van der Waals surface area contributed by atoms with Crippen molar-refractivity contribution in [1.82, 2.24) is 4.90 Å². The van der Waals surface area contributed by atoms with E-state index in [1.165, 1.54) is 4.90 Å². The Morgan fingerprint density at radius 2 is 2.10 bits per heavy atom. The van der Waals surface area contributed by atoms with E-state index in [2.05, 4.69) is 0 Å². The Morgan fingerprint density at radius 1 is 1.38 bits per heavy atom. The first-order valence-electron chi connectivity index (χ1n) is 7.18. The zero-order valence-electron chi connectivity index (χ0n) is 12.4. The normalized spacial score (nSPS) is 21.9. The van der Waals surface area contributed by atoms with Gasteiger partial charge in [0, 0.05) is 12.1 Å². The lowest BCUT2D eigenvalue weighted by Gasteiger charge is -2.37. The van der Waals surface area contributed by atoms with Crippen LogP contribution in [0.25, 0.3) is 0 Å². The van der Waals surface area contributed by atoms with E-state index >= 15 is 0 Å². The fraction of sp³-hybridized carbons (Fsp3) is 0.500. The summed E-state index contributed by atoms with van der Waals surface area (Å²) in [5, 5.41) is 9.38. The number of carboxylic acid groups (broad SMARTS) is 1. The number of amides is 1. The largest absolute Gasteiger partial charge is 0.496 e. The number of carbonyl (C=O) groups is 2. The van der Waals surface area contributed by atoms with Crippen LogP contribution >= 0.6 is 0 Å². The number of hydrogen-bond donors (Lipinski definition) is 1. The summed E-state index contributed by atoms with van der Waals surface area (Å²) in [5.74, 6) is -0.435. The van der Waals surface area contributed by atoms with Crippen LogP contribution in [0.5, 0.6) is 5.75 Å². The monoisotopic (exact) mass is 291 g/mol. The molecule has 114 valence electrons. The van der Waals surface area contributed by atoms with E-state index in [0.717, 1.165) is 18.4 Å². The molecule has 0 radical (unpaired) electrons. The number of carbonyl (C=O) groups excluding carboxylic acids is 1. The number of ether oxygens (including phenoxy) is 1. The van der Waals surface area contributed by atoms with E-state index < -0.39 is 12.0 Å². The van der Waals surface area contributed by atoms with Gasteiger partial charge in [-0.3, -0.25) is 4.79 Å². The van der Waals surface area contributed by atoms with E-state index in [0.29, 0.717) is 12.3 Å². The van der Waals surface area contributed by atoms with Crippen molar-refractivity contribution in [3.8, 4) is 5.75 Å². The van der Waals surface area contributed by atoms with Crippen LogP contribution in [0.3, 0.4) is 0 Å². The SMILES string of the molecule is COc1ccccc1CC(=O)N1CCCC(C)C1C(=O)O. The Bertz CT molecular complexity index is 529. The third-order valence-corrected chi connectivity index (χ3v) is 4.04. The van der Waals surface area contributed by atoms with Gasteiger partial charge in [-0.15, -0.1) is 0 Å². The Kier molecular flexibility index (Phi) is 4.83. The van der Waals surface area contributed by atoms with Crippen molar-refractivity contribution >= 4 is 11.9 Å². The summed E-state index contributed by atoms with van der Waals surface area (Å²) in [4.78, 5) is 25.4. The Morgan fingerprint density at radius 3 is 2.76 bits per heavy atom. The number of rotatable bonds is 4. The number of aliphatic carboxylic acids is 1. The quantitative estimate of drug-likeness (QED) is 0.920. The number of para-hydroxylation sites is 1. The first-order chi connectivity index (χ1) is 10.0. The van der Waals surface area contributed by atoms with Crippen LogP contribution in [-0.2, 0) is 16.0 Å². The minimum atomic E-state index is -0.921. The number of benzene rings is 1. The van der Waals surface area contributed by atoms with Gasteiger partial charge in [0.2, 0.25) is 5.91 Å². The first-order valence-corrected chi connectivity index (χ1v) is 7.18. The van der Waals surface area contributed by atoms with Gasteiger partial charge in [0.25, 0.3) is 0 Å². The summed E-state index contributed by atoms with van der Waals surface area (Å²) in [5.41, 5.74) is 0.785. The second-order valence-corrected chi connectivity index (χ2v) is 5.48. The van der Waals surface area contributed by atoms with Crippen molar-refractivity contribution in [2.45, 2.75) is 32.2 Å². The maximum absolute atomic E-state index is 12.5. The molecule has 5 nitrogen and oxygen atoms in total. The van der Waals surface area contributed by atoms with E-state index in [4.69, 9.17) is 4.74 Å². The summed E-state index contributed by atoms with van der Waals surface area (Å²) in [6.45, 7) is 2.40. The number of hydrogen-bond acceptors (Lipinski definition) is 3. The fourth-order valence-corrected chi connectivity index (χ4v) is 2.96. The fourth-order valence-electron chi connectivity index (χ4n) is 2.96. The molecular weight excluding hydrogens is 270 g/mol. The maximum atomic E-state index is 12.5. The zero-order valence-corrected chi connectivity index (χ0v) is 12.4. The predicted molar refractivity (Wildman–Crippen MR) is 78.2 cm³/mol. The van der Waals surface area contributed by atoms with Gasteiger partial charge < -0.3 is 14.7 Å². The second-order valence-electron chi connectivity index (χ2n) is 5.48. The summed E-state index contributed by atoms with van der Waals surface area (Å²) in [7, 11) is 1.56. The molecule has 1 amide bonds. The molecule has 0 aromatic heterocycles. The van der Waals surface area contributed by atoms with Crippen molar-refractivity contribution in [2.24, 2.45) is 5.92 Å². The minimum Gasteiger partial charge on any atom is -0.496 e. The van der Waals surface area contributed by atoms with Gasteiger partial charge in [-0.25, -0.2) is 4.79 Å². The zero-order chi connectivity index (χ0) is 15.4. The van der Waals surface area contributed by atoms with E-state index in [9.17, 15) is 14.7 Å². The van der Waals surface area contributed by atoms with E-state index in [-0.39, 0.29) is 18.2 Å². The van der Waals surface area contributed by atoms with Gasteiger partial charge in [-0.1, -0.05) is 25.1 Å². The lowest BCUT2D eigenvalue weighted by Crippen LogP contribution is -2.52. The molecule has 1 saturated heterocycles. The third-order valence-electron chi connectivity index (χ3n) is 4.04. The summed E-state index contributed by atoms with van der Waals surface area (Å²) in [6.07, 6.45) is 1.86. The van der Waals surface area contributed by atoms with Crippen molar-refractivity contribution in [3.63, 3.8) is 0 Å². The van der Waals surface area contributed by atoms with Gasteiger partial charge in [0.15, 0.2) is 0 Å². The van der Waals surface area contributed by atoms with Crippen LogP contribution in [0.4, 0.5) is 0 Å². The van der Waals surface area contributed by atoms with Crippen LogP contribution in [0.15, 0.2) is 24.3 Å². The molecule has 1 aliphatic rings. The topological polar surface area (TPSA) is 66.8 Å². The molecule has 0 saturated carbocycles. The highest BCUT2D eigenvalue weighted by Crippen LogP contribution is 2.25. The van der Waals surface area contributed by atoms with Crippen molar-refractivity contribution < 1.29 is 19.4 Å². The van der Waals surface area contributed by atoms with E-state index in [1.54, 1.807) is 13.2 Å². The number of carboxylic acids is 1. The Labute approximate surface area is 124 Å². The van der Waals surface area contributed by atoms with Crippen LogP contribution in [-0.4, -0.2) is 41.6 Å². The standard InChI is InChI=1S/C16H21NO4/c1-11-6-5-9-17(15(11)16(19)20)14(18)10-12-7-3-4-8-13(12)21-2/h3-4,7-8,11,15H,5-6,9-10H2,1-2H3,(H,19,20). The molecule has 2 unspecified atom stereocenters. The average molecular weight is 291 g/mol. The van der Waals surface area contributed by atoms with Crippen LogP contribution in [0.2, 0.25) is 0 Å². The first kappa shape index (κ1) is 15.4. The molecule has 2 rings (SSSR count). The molecule has 1 aliphatic heterocycles. The van der Waals surface area contributed by atoms with Gasteiger partial charge in [-0.05, 0) is 24.8 Å². The molecule has 1 N–H and O–H groups in total. The summed E-state index contributed by atoms with van der Waals surface area (Å²) >= 11 is 0.